The first-order chi connectivity index (χ1) is 8.00. The Hall–Kier alpha value is -1.55. The van der Waals surface area contributed by atoms with Crippen LogP contribution in [0.3, 0.4) is 0 Å². The van der Waals surface area contributed by atoms with Gasteiger partial charge in [0.25, 0.3) is 0 Å². The van der Waals surface area contributed by atoms with E-state index >= 15 is 0 Å². The van der Waals surface area contributed by atoms with E-state index in [1.54, 1.807) is 12.1 Å². The van der Waals surface area contributed by atoms with Gasteiger partial charge in [-0.1, -0.05) is 17.7 Å². The Kier molecular flexibility index (Phi) is 3.07. The van der Waals surface area contributed by atoms with Crippen LogP contribution >= 0.6 is 11.6 Å². The lowest BCUT2D eigenvalue weighted by molar-refractivity contribution is -0.144. The number of hydrogen-bond donors (Lipinski definition) is 1. The van der Waals surface area contributed by atoms with E-state index in [2.05, 4.69) is 0 Å². The average molecular weight is 254 g/mol. The molecule has 0 bridgehead atoms. The third-order valence-corrected chi connectivity index (χ3v) is 3.20. The fourth-order valence-electron chi connectivity index (χ4n) is 2.02. The summed E-state index contributed by atoms with van der Waals surface area (Å²) in [6.07, 6.45) is 0.347. The summed E-state index contributed by atoms with van der Waals surface area (Å²) >= 11 is 5.89. The summed E-state index contributed by atoms with van der Waals surface area (Å²) in [5.74, 6) is -2.34. The van der Waals surface area contributed by atoms with E-state index in [-0.39, 0.29) is 5.91 Å². The van der Waals surface area contributed by atoms with Crippen LogP contribution in [-0.4, -0.2) is 23.5 Å². The van der Waals surface area contributed by atoms with Gasteiger partial charge in [0.2, 0.25) is 5.91 Å². The van der Waals surface area contributed by atoms with Crippen molar-refractivity contribution in [3.05, 3.63) is 28.8 Å². The Morgan fingerprint density at radius 1 is 1.53 bits per heavy atom. The van der Waals surface area contributed by atoms with Crippen molar-refractivity contribution in [2.75, 3.05) is 11.4 Å². The number of rotatable bonds is 2. The third-order valence-electron chi connectivity index (χ3n) is 2.97. The Bertz CT molecular complexity index is 487. The first-order valence-corrected chi connectivity index (χ1v) is 5.69. The molecule has 0 aromatic heterocycles. The van der Waals surface area contributed by atoms with Gasteiger partial charge in [0.05, 0.1) is 0 Å². The molecule has 1 aromatic rings. The van der Waals surface area contributed by atoms with Crippen molar-refractivity contribution in [2.45, 2.75) is 13.3 Å². The summed E-state index contributed by atoms with van der Waals surface area (Å²) in [5.41, 5.74) is 1.61. The van der Waals surface area contributed by atoms with E-state index in [0.29, 0.717) is 23.7 Å². The fourth-order valence-corrected chi connectivity index (χ4v) is 2.19. The molecule has 17 heavy (non-hydrogen) atoms. The molecular formula is C12H12ClNO3. The van der Waals surface area contributed by atoms with Gasteiger partial charge in [-0.15, -0.1) is 0 Å². The molecule has 0 saturated carbocycles. The number of amides is 1. The SMILES string of the molecule is Cc1ccc(Cl)cc1N1CCC(C(=O)O)C1=O. The first-order valence-electron chi connectivity index (χ1n) is 5.31. The molecule has 1 saturated heterocycles. The number of carboxylic acids is 1. The van der Waals surface area contributed by atoms with Gasteiger partial charge < -0.3 is 10.0 Å². The second-order valence-corrected chi connectivity index (χ2v) is 4.54. The molecule has 1 aliphatic rings. The Morgan fingerprint density at radius 3 is 2.82 bits per heavy atom. The van der Waals surface area contributed by atoms with Crippen molar-refractivity contribution in [2.24, 2.45) is 5.92 Å². The lowest BCUT2D eigenvalue weighted by Crippen LogP contribution is -2.30. The average Bonchev–Trinajstić information content (AvgIpc) is 2.64. The number of aliphatic carboxylic acids is 1. The molecule has 1 amide bonds. The second kappa shape index (κ2) is 4.37. The highest BCUT2D eigenvalue weighted by atomic mass is 35.5. The van der Waals surface area contributed by atoms with Crippen molar-refractivity contribution in [1.82, 2.24) is 0 Å². The standard InChI is InChI=1S/C12H12ClNO3/c1-7-2-3-8(13)6-10(7)14-5-4-9(11(14)15)12(16)17/h2-3,6,9H,4-5H2,1H3,(H,16,17). The van der Waals surface area contributed by atoms with Gasteiger partial charge in [0.15, 0.2) is 0 Å². The summed E-state index contributed by atoms with van der Waals surface area (Å²) in [6, 6.07) is 5.26. The number of anilines is 1. The molecule has 1 N–H and O–H groups in total. The molecule has 1 atom stereocenters. The normalized spacial score (nSPS) is 19.8. The lowest BCUT2D eigenvalue weighted by Gasteiger charge is -2.18. The highest BCUT2D eigenvalue weighted by Crippen LogP contribution is 2.30. The van der Waals surface area contributed by atoms with Crippen LogP contribution in [-0.2, 0) is 9.59 Å². The van der Waals surface area contributed by atoms with Crippen molar-refractivity contribution in [3.63, 3.8) is 0 Å². The number of nitrogens with zero attached hydrogens (tertiary/aromatic N) is 1. The van der Waals surface area contributed by atoms with Crippen LogP contribution in [0.15, 0.2) is 18.2 Å². The van der Waals surface area contributed by atoms with Gasteiger partial charge in [-0.2, -0.15) is 0 Å². The maximum atomic E-state index is 11.9. The minimum atomic E-state index is -1.06. The smallest absolute Gasteiger partial charge is 0.316 e. The van der Waals surface area contributed by atoms with Crippen LogP contribution in [0.25, 0.3) is 0 Å². The topological polar surface area (TPSA) is 57.6 Å². The summed E-state index contributed by atoms with van der Waals surface area (Å²) < 4.78 is 0. The Balaban J connectivity index is 2.33. The molecule has 0 aliphatic carbocycles. The Morgan fingerprint density at radius 2 is 2.24 bits per heavy atom. The number of aryl methyl sites for hydroxylation is 1. The molecule has 5 heteroatoms. The predicted octanol–water partition coefficient (Wildman–Crippen LogP) is 2.09. The monoisotopic (exact) mass is 253 g/mol. The van der Waals surface area contributed by atoms with Gasteiger partial charge in [-0.25, -0.2) is 0 Å². The summed E-state index contributed by atoms with van der Waals surface area (Å²) in [5, 5.41) is 9.44. The Labute approximate surface area is 104 Å². The van der Waals surface area contributed by atoms with Crippen LogP contribution in [0.4, 0.5) is 5.69 Å². The molecule has 0 radical (unpaired) electrons. The summed E-state index contributed by atoms with van der Waals surface area (Å²) in [7, 11) is 0. The maximum Gasteiger partial charge on any atom is 0.316 e. The second-order valence-electron chi connectivity index (χ2n) is 4.10. The zero-order valence-electron chi connectivity index (χ0n) is 9.31. The highest BCUT2D eigenvalue weighted by molar-refractivity contribution is 6.31. The summed E-state index contributed by atoms with van der Waals surface area (Å²) in [4.78, 5) is 24.3. The van der Waals surface area contributed by atoms with Crippen molar-refractivity contribution >= 4 is 29.2 Å². The third kappa shape index (κ3) is 2.13. The fraction of sp³-hybridized carbons (Fsp3) is 0.333. The molecular weight excluding hydrogens is 242 g/mol. The molecule has 2 rings (SSSR count). The zero-order valence-corrected chi connectivity index (χ0v) is 10.1. The number of carbonyl (C=O) groups excluding carboxylic acids is 1. The van der Waals surface area contributed by atoms with Crippen molar-refractivity contribution in [3.8, 4) is 0 Å². The van der Waals surface area contributed by atoms with E-state index in [1.807, 2.05) is 13.0 Å². The van der Waals surface area contributed by atoms with Gasteiger partial charge >= 0.3 is 5.97 Å². The number of benzene rings is 1. The van der Waals surface area contributed by atoms with Crippen LogP contribution in [0.2, 0.25) is 5.02 Å². The molecule has 1 aliphatic heterocycles. The van der Waals surface area contributed by atoms with Gasteiger partial charge in [-0.05, 0) is 31.0 Å². The van der Waals surface area contributed by atoms with Gasteiger partial charge in [0.1, 0.15) is 5.92 Å². The minimum Gasteiger partial charge on any atom is -0.481 e. The molecule has 4 nitrogen and oxygen atoms in total. The van der Waals surface area contributed by atoms with E-state index in [0.717, 1.165) is 5.56 Å². The molecule has 1 aromatic carbocycles. The highest BCUT2D eigenvalue weighted by Gasteiger charge is 2.37. The van der Waals surface area contributed by atoms with Crippen LogP contribution in [0, 0.1) is 12.8 Å². The van der Waals surface area contributed by atoms with Crippen molar-refractivity contribution < 1.29 is 14.7 Å². The van der Waals surface area contributed by atoms with Crippen LogP contribution in [0.1, 0.15) is 12.0 Å². The molecule has 0 spiro atoms. The van der Waals surface area contributed by atoms with Crippen LogP contribution in [0.5, 0.6) is 0 Å². The van der Waals surface area contributed by atoms with E-state index in [1.165, 1.54) is 4.90 Å². The lowest BCUT2D eigenvalue weighted by atomic mass is 10.1. The predicted molar refractivity (Wildman–Crippen MR) is 64.3 cm³/mol. The molecule has 90 valence electrons. The number of hydrogen-bond acceptors (Lipinski definition) is 2. The maximum absolute atomic E-state index is 11.9. The quantitative estimate of drug-likeness (QED) is 0.821. The molecule has 1 unspecified atom stereocenters. The largest absolute Gasteiger partial charge is 0.481 e. The number of carboxylic acid groups (broad SMARTS) is 1. The van der Waals surface area contributed by atoms with Gasteiger partial charge in [0, 0.05) is 17.3 Å². The number of halogens is 1. The minimum absolute atomic E-state index is 0.347. The van der Waals surface area contributed by atoms with E-state index in [9.17, 15) is 9.59 Å². The van der Waals surface area contributed by atoms with E-state index < -0.39 is 11.9 Å². The number of carbonyl (C=O) groups is 2. The van der Waals surface area contributed by atoms with E-state index in [4.69, 9.17) is 16.7 Å². The zero-order chi connectivity index (χ0) is 12.6. The van der Waals surface area contributed by atoms with Crippen LogP contribution < -0.4 is 4.90 Å². The van der Waals surface area contributed by atoms with Crippen molar-refractivity contribution in [1.29, 1.82) is 0 Å². The molecule has 1 fully saturated rings. The van der Waals surface area contributed by atoms with Gasteiger partial charge in [-0.3, -0.25) is 9.59 Å². The first kappa shape index (κ1) is 11.9. The molecule has 1 heterocycles. The summed E-state index contributed by atoms with van der Waals surface area (Å²) in [6.45, 7) is 2.30.